The molecule has 0 bridgehead atoms. The number of ether oxygens (including phenoxy) is 1. The number of hydrogen-bond donors (Lipinski definition) is 1. The minimum Gasteiger partial charge on any atom is -0.494 e. The zero-order chi connectivity index (χ0) is 21.0. The Hall–Kier alpha value is -2.54. The first kappa shape index (κ1) is 21.2. The minimum absolute atomic E-state index is 0.116. The van der Waals surface area contributed by atoms with Crippen LogP contribution in [0.3, 0.4) is 0 Å². The van der Waals surface area contributed by atoms with Crippen LogP contribution in [0.25, 0.3) is 0 Å². The van der Waals surface area contributed by atoms with Gasteiger partial charge in [0.05, 0.1) is 11.5 Å². The number of anilines is 2. The second-order valence-corrected chi connectivity index (χ2v) is 9.35. The molecule has 0 radical (unpaired) electrons. The topological polar surface area (TPSA) is 75.7 Å². The number of aryl methyl sites for hydroxylation is 1. The van der Waals surface area contributed by atoms with Crippen LogP contribution in [-0.2, 0) is 21.2 Å². The molecule has 3 rings (SSSR count). The van der Waals surface area contributed by atoms with E-state index in [9.17, 15) is 13.2 Å². The lowest BCUT2D eigenvalue weighted by Gasteiger charge is -2.31. The highest BCUT2D eigenvalue weighted by molar-refractivity contribution is 7.92. The fourth-order valence-corrected chi connectivity index (χ4v) is 4.39. The Balaban J connectivity index is 1.79. The highest BCUT2D eigenvalue weighted by Crippen LogP contribution is 2.31. The van der Waals surface area contributed by atoms with E-state index in [1.165, 1.54) is 12.1 Å². The van der Waals surface area contributed by atoms with E-state index in [1.54, 1.807) is 23.1 Å². The molecule has 0 aromatic heterocycles. The summed E-state index contributed by atoms with van der Waals surface area (Å²) in [4.78, 5) is 14.3. The fourth-order valence-electron chi connectivity index (χ4n) is 3.34. The summed E-state index contributed by atoms with van der Waals surface area (Å²) < 4.78 is 33.6. The maximum Gasteiger partial charge on any atom is 0.261 e. The van der Waals surface area contributed by atoms with E-state index in [0.717, 1.165) is 17.7 Å². The molecule has 1 aliphatic heterocycles. The molecule has 0 spiro atoms. The van der Waals surface area contributed by atoms with Crippen molar-refractivity contribution in [3.63, 3.8) is 0 Å². The molecule has 29 heavy (non-hydrogen) atoms. The predicted molar refractivity (Wildman–Crippen MR) is 115 cm³/mol. The van der Waals surface area contributed by atoms with Crippen LogP contribution in [0.4, 0.5) is 11.4 Å². The van der Waals surface area contributed by atoms with Crippen molar-refractivity contribution < 1.29 is 17.9 Å². The third-order valence-corrected chi connectivity index (χ3v) is 6.08. The van der Waals surface area contributed by atoms with Crippen molar-refractivity contribution >= 4 is 27.3 Å². The van der Waals surface area contributed by atoms with Gasteiger partial charge in [-0.05, 0) is 66.8 Å². The van der Waals surface area contributed by atoms with Crippen LogP contribution in [0.5, 0.6) is 5.75 Å². The van der Waals surface area contributed by atoms with Gasteiger partial charge in [-0.1, -0.05) is 20.8 Å². The number of carbonyl (C=O) groups is 1. The zero-order valence-corrected chi connectivity index (χ0v) is 18.0. The van der Waals surface area contributed by atoms with Crippen molar-refractivity contribution in [3.8, 4) is 5.75 Å². The molecule has 1 aliphatic rings. The summed E-state index contributed by atoms with van der Waals surface area (Å²) in [6.45, 7) is 7.41. The van der Waals surface area contributed by atoms with Crippen LogP contribution in [-0.4, -0.2) is 27.5 Å². The van der Waals surface area contributed by atoms with Gasteiger partial charge in [0.1, 0.15) is 5.75 Å². The van der Waals surface area contributed by atoms with Gasteiger partial charge in [-0.15, -0.1) is 0 Å². The molecule has 0 saturated heterocycles. The quantitative estimate of drug-likeness (QED) is 0.699. The SMILES string of the molecule is CCCOc1ccc(S(=O)(=O)Nc2ccc3c(c2)CCC(=O)N3CC(C)C)cc1. The van der Waals surface area contributed by atoms with E-state index in [1.807, 2.05) is 19.1 Å². The number of nitrogens with zero attached hydrogens (tertiary/aromatic N) is 1. The van der Waals surface area contributed by atoms with Gasteiger partial charge in [-0.25, -0.2) is 8.42 Å². The molecule has 1 heterocycles. The Bertz CT molecular complexity index is 969. The Labute approximate surface area is 172 Å². The lowest BCUT2D eigenvalue weighted by molar-refractivity contribution is -0.119. The summed E-state index contributed by atoms with van der Waals surface area (Å²) in [6, 6.07) is 11.8. The first-order valence-electron chi connectivity index (χ1n) is 9.99. The van der Waals surface area contributed by atoms with Crippen molar-refractivity contribution in [2.24, 2.45) is 5.92 Å². The summed E-state index contributed by atoms with van der Waals surface area (Å²) in [5, 5.41) is 0. The molecule has 0 atom stereocenters. The van der Waals surface area contributed by atoms with Crippen LogP contribution >= 0.6 is 0 Å². The number of hydrogen-bond acceptors (Lipinski definition) is 4. The normalized spacial score (nSPS) is 14.1. The van der Waals surface area contributed by atoms with Crippen molar-refractivity contribution in [1.29, 1.82) is 0 Å². The molecule has 6 nitrogen and oxygen atoms in total. The first-order valence-corrected chi connectivity index (χ1v) is 11.5. The maximum absolute atomic E-state index is 12.7. The number of nitrogens with one attached hydrogen (secondary N) is 1. The van der Waals surface area contributed by atoms with Crippen molar-refractivity contribution in [1.82, 2.24) is 0 Å². The molecule has 1 N–H and O–H groups in total. The van der Waals surface area contributed by atoms with Crippen LogP contribution in [0, 0.1) is 5.92 Å². The highest BCUT2D eigenvalue weighted by atomic mass is 32.2. The standard InChI is InChI=1S/C22H28N2O4S/c1-4-13-28-19-7-9-20(10-8-19)29(26,27)23-18-6-11-21-17(14-18)5-12-22(25)24(21)15-16(2)3/h6-11,14,16,23H,4-5,12-13,15H2,1-3H3. The van der Waals surface area contributed by atoms with Gasteiger partial charge in [0, 0.05) is 24.3 Å². The first-order chi connectivity index (χ1) is 13.8. The maximum atomic E-state index is 12.7. The van der Waals surface area contributed by atoms with E-state index < -0.39 is 10.0 Å². The molecule has 7 heteroatoms. The molecule has 0 fully saturated rings. The predicted octanol–water partition coefficient (Wildman–Crippen LogP) is 4.21. The molecular weight excluding hydrogens is 388 g/mol. The number of amides is 1. The number of benzene rings is 2. The Morgan fingerprint density at radius 2 is 1.83 bits per heavy atom. The number of sulfonamides is 1. The zero-order valence-electron chi connectivity index (χ0n) is 17.1. The number of carbonyl (C=O) groups excluding carboxylic acids is 1. The van der Waals surface area contributed by atoms with E-state index in [2.05, 4.69) is 18.6 Å². The van der Waals surface area contributed by atoms with Gasteiger partial charge < -0.3 is 9.64 Å². The van der Waals surface area contributed by atoms with Gasteiger partial charge in [-0.2, -0.15) is 0 Å². The largest absolute Gasteiger partial charge is 0.494 e. The lowest BCUT2D eigenvalue weighted by atomic mass is 9.99. The molecule has 2 aromatic rings. The van der Waals surface area contributed by atoms with E-state index >= 15 is 0 Å². The van der Waals surface area contributed by atoms with Crippen LogP contribution in [0.2, 0.25) is 0 Å². The molecule has 1 amide bonds. The number of rotatable bonds is 8. The second-order valence-electron chi connectivity index (χ2n) is 7.67. The van der Waals surface area contributed by atoms with Gasteiger partial charge >= 0.3 is 0 Å². The molecule has 0 unspecified atom stereocenters. The average molecular weight is 417 g/mol. The van der Waals surface area contributed by atoms with E-state index in [-0.39, 0.29) is 10.8 Å². The van der Waals surface area contributed by atoms with Crippen molar-refractivity contribution in [3.05, 3.63) is 48.0 Å². The van der Waals surface area contributed by atoms with Gasteiger partial charge in [-0.3, -0.25) is 9.52 Å². The van der Waals surface area contributed by atoms with Crippen molar-refractivity contribution in [2.75, 3.05) is 22.8 Å². The fraction of sp³-hybridized carbons (Fsp3) is 0.409. The third-order valence-electron chi connectivity index (χ3n) is 4.69. The van der Waals surface area contributed by atoms with Gasteiger partial charge in [0.2, 0.25) is 5.91 Å². The molecule has 156 valence electrons. The van der Waals surface area contributed by atoms with Crippen LogP contribution in [0.1, 0.15) is 39.2 Å². The third kappa shape index (κ3) is 5.09. The van der Waals surface area contributed by atoms with Crippen molar-refractivity contribution in [2.45, 2.75) is 44.9 Å². The monoisotopic (exact) mass is 416 g/mol. The Kier molecular flexibility index (Phi) is 6.47. The summed E-state index contributed by atoms with van der Waals surface area (Å²) in [5.74, 6) is 1.12. The van der Waals surface area contributed by atoms with E-state index in [4.69, 9.17) is 4.74 Å². The molecule has 0 aliphatic carbocycles. The molecule has 0 saturated carbocycles. The Morgan fingerprint density at radius 1 is 1.10 bits per heavy atom. The minimum atomic E-state index is -3.71. The van der Waals surface area contributed by atoms with Crippen LogP contribution < -0.4 is 14.4 Å². The lowest BCUT2D eigenvalue weighted by Crippen LogP contribution is -2.37. The summed E-state index contributed by atoms with van der Waals surface area (Å²) >= 11 is 0. The number of fused-ring (bicyclic) bond motifs is 1. The summed E-state index contributed by atoms with van der Waals surface area (Å²) in [6.07, 6.45) is 1.94. The average Bonchev–Trinajstić information content (AvgIpc) is 2.68. The molecule has 2 aromatic carbocycles. The summed E-state index contributed by atoms with van der Waals surface area (Å²) in [7, 11) is -3.71. The second kappa shape index (κ2) is 8.86. The van der Waals surface area contributed by atoms with Gasteiger partial charge in [0.25, 0.3) is 10.0 Å². The molecular formula is C22H28N2O4S. The van der Waals surface area contributed by atoms with Crippen LogP contribution in [0.15, 0.2) is 47.4 Å². The summed E-state index contributed by atoms with van der Waals surface area (Å²) in [5.41, 5.74) is 2.35. The van der Waals surface area contributed by atoms with Gasteiger partial charge in [0.15, 0.2) is 0 Å². The Morgan fingerprint density at radius 3 is 2.48 bits per heavy atom. The smallest absolute Gasteiger partial charge is 0.261 e. The highest BCUT2D eigenvalue weighted by Gasteiger charge is 2.25. The van der Waals surface area contributed by atoms with E-state index in [0.29, 0.717) is 43.3 Å².